The van der Waals surface area contributed by atoms with Crippen molar-refractivity contribution in [2.75, 3.05) is 0 Å². The van der Waals surface area contributed by atoms with Crippen LogP contribution in [0.2, 0.25) is 5.15 Å². The minimum absolute atomic E-state index is 0.152. The zero-order chi connectivity index (χ0) is 17.8. The Morgan fingerprint density at radius 2 is 2.12 bits per heavy atom. The van der Waals surface area contributed by atoms with Gasteiger partial charge in [0.1, 0.15) is 11.3 Å². The lowest BCUT2D eigenvalue weighted by Gasteiger charge is -2.08. The molecule has 0 aliphatic heterocycles. The molecule has 0 unspecified atom stereocenters. The van der Waals surface area contributed by atoms with Crippen LogP contribution >= 0.6 is 11.6 Å². The molecule has 0 bridgehead atoms. The average molecular weight is 361 g/mol. The van der Waals surface area contributed by atoms with E-state index in [1.54, 1.807) is 12.1 Å². The highest BCUT2D eigenvalue weighted by molar-refractivity contribution is 6.29. The van der Waals surface area contributed by atoms with Gasteiger partial charge in [-0.3, -0.25) is 4.79 Å². The van der Waals surface area contributed by atoms with Gasteiger partial charge in [0.15, 0.2) is 5.15 Å². The Balaban J connectivity index is 1.69. The molecule has 6 nitrogen and oxygen atoms in total. The van der Waals surface area contributed by atoms with Crippen molar-refractivity contribution in [2.24, 2.45) is 0 Å². The third-order valence-corrected chi connectivity index (χ3v) is 4.08. The maximum absolute atomic E-state index is 12.0. The maximum atomic E-state index is 12.0. The zero-order valence-corrected chi connectivity index (χ0v) is 14.4. The molecule has 0 fully saturated rings. The molecule has 2 aromatic heterocycles. The topological polar surface area (TPSA) is 85.3 Å². The number of aromatic nitrogens is 1. The third-order valence-electron chi connectivity index (χ3n) is 3.91. The summed E-state index contributed by atoms with van der Waals surface area (Å²) in [6.45, 7) is 2.31. The number of rotatable bonds is 6. The summed E-state index contributed by atoms with van der Waals surface area (Å²) in [6.07, 6.45) is 1.52. The van der Waals surface area contributed by atoms with Gasteiger partial charge in [0.25, 0.3) is 0 Å². The van der Waals surface area contributed by atoms with E-state index >= 15 is 0 Å². The molecular formula is C18H17ClN2O4. The first kappa shape index (κ1) is 17.2. The Labute approximate surface area is 148 Å². The maximum Gasteiger partial charge on any atom is 0.336 e. The molecule has 0 saturated carbocycles. The molecule has 0 aliphatic rings. The van der Waals surface area contributed by atoms with E-state index in [0.29, 0.717) is 17.8 Å². The largest absolute Gasteiger partial charge is 0.423 e. The lowest BCUT2D eigenvalue weighted by Crippen LogP contribution is -2.23. The van der Waals surface area contributed by atoms with Crippen molar-refractivity contribution < 1.29 is 13.7 Å². The minimum atomic E-state index is -0.433. The summed E-state index contributed by atoms with van der Waals surface area (Å²) in [5.74, 6) is 0.402. The Hall–Kier alpha value is -2.60. The van der Waals surface area contributed by atoms with Crippen molar-refractivity contribution in [2.45, 2.75) is 32.7 Å². The summed E-state index contributed by atoms with van der Waals surface area (Å²) >= 11 is 5.67. The molecule has 0 atom stereocenters. The molecule has 0 aliphatic carbocycles. The highest BCUT2D eigenvalue weighted by atomic mass is 35.5. The molecule has 1 amide bonds. The van der Waals surface area contributed by atoms with Gasteiger partial charge < -0.3 is 14.3 Å². The van der Waals surface area contributed by atoms with E-state index in [1.165, 1.54) is 6.07 Å². The Bertz CT molecular complexity index is 961. The summed E-state index contributed by atoms with van der Waals surface area (Å²) in [6, 6.07) is 8.69. The second-order valence-electron chi connectivity index (χ2n) is 5.67. The third kappa shape index (κ3) is 4.28. The zero-order valence-electron chi connectivity index (χ0n) is 13.7. The van der Waals surface area contributed by atoms with E-state index in [0.717, 1.165) is 22.9 Å². The highest BCUT2D eigenvalue weighted by Gasteiger charge is 2.10. The molecule has 0 radical (unpaired) electrons. The molecule has 1 aromatic carbocycles. The second kappa shape index (κ2) is 7.53. The number of nitrogens with one attached hydrogen (secondary N) is 1. The van der Waals surface area contributed by atoms with Gasteiger partial charge in [-0.05, 0) is 29.7 Å². The van der Waals surface area contributed by atoms with Crippen LogP contribution in [-0.2, 0) is 24.2 Å². The van der Waals surface area contributed by atoms with E-state index in [-0.39, 0.29) is 24.0 Å². The summed E-state index contributed by atoms with van der Waals surface area (Å²) < 4.78 is 10.2. The molecule has 1 N–H and O–H groups in total. The number of fused-ring (bicyclic) bond motifs is 1. The number of carbonyl (C=O) groups is 1. The van der Waals surface area contributed by atoms with Crippen LogP contribution in [0.4, 0.5) is 0 Å². The van der Waals surface area contributed by atoms with E-state index in [1.807, 2.05) is 12.1 Å². The molecule has 7 heteroatoms. The molecule has 3 aromatic rings. The summed E-state index contributed by atoms with van der Waals surface area (Å²) in [5.41, 5.74) is 1.95. The fourth-order valence-electron chi connectivity index (χ4n) is 2.57. The number of amides is 1. The first-order chi connectivity index (χ1) is 12.0. The molecule has 0 saturated heterocycles. The number of hydrogen-bond donors (Lipinski definition) is 1. The Morgan fingerprint density at radius 3 is 2.84 bits per heavy atom. The first-order valence-electron chi connectivity index (χ1n) is 7.98. The van der Waals surface area contributed by atoms with Crippen molar-refractivity contribution in [3.63, 3.8) is 0 Å². The fraction of sp³-hybridized carbons (Fsp3) is 0.278. The van der Waals surface area contributed by atoms with E-state index in [9.17, 15) is 9.59 Å². The number of hydrogen-bond acceptors (Lipinski definition) is 5. The smallest absolute Gasteiger partial charge is 0.336 e. The van der Waals surface area contributed by atoms with Gasteiger partial charge in [-0.1, -0.05) is 29.7 Å². The van der Waals surface area contributed by atoms with Gasteiger partial charge >= 0.3 is 5.63 Å². The summed E-state index contributed by atoms with van der Waals surface area (Å²) in [4.78, 5) is 23.7. The monoisotopic (exact) mass is 360 g/mol. The quantitative estimate of drug-likeness (QED) is 0.682. The second-order valence-corrected chi connectivity index (χ2v) is 6.05. The van der Waals surface area contributed by atoms with Crippen LogP contribution in [0.1, 0.15) is 30.2 Å². The number of carbonyl (C=O) groups excluding carboxylic acids is 1. The van der Waals surface area contributed by atoms with Crippen LogP contribution in [0, 0.1) is 0 Å². The Morgan fingerprint density at radius 1 is 1.28 bits per heavy atom. The van der Waals surface area contributed by atoms with Gasteiger partial charge in [0, 0.05) is 36.9 Å². The first-order valence-corrected chi connectivity index (χ1v) is 8.36. The van der Waals surface area contributed by atoms with E-state index in [2.05, 4.69) is 17.4 Å². The van der Waals surface area contributed by atoms with Crippen LogP contribution in [0.3, 0.4) is 0 Å². The lowest BCUT2D eigenvalue weighted by atomic mass is 10.1. The predicted molar refractivity (Wildman–Crippen MR) is 93.5 cm³/mol. The van der Waals surface area contributed by atoms with Crippen LogP contribution in [-0.4, -0.2) is 11.1 Å². The molecule has 130 valence electrons. The summed E-state index contributed by atoms with van der Waals surface area (Å²) in [5, 5.41) is 7.48. The van der Waals surface area contributed by atoms with Crippen molar-refractivity contribution in [1.29, 1.82) is 0 Å². The van der Waals surface area contributed by atoms with Gasteiger partial charge in [-0.25, -0.2) is 4.79 Å². The normalized spacial score (nSPS) is 11.0. The van der Waals surface area contributed by atoms with E-state index < -0.39 is 5.63 Å². The number of nitrogens with zero attached hydrogens (tertiary/aromatic N) is 1. The van der Waals surface area contributed by atoms with E-state index in [4.69, 9.17) is 20.5 Å². The standard InChI is InChI=1S/C18H17ClN2O4/c1-2-11-3-5-15-14(7-11)12(8-18(23)24-15)10-20-17(22)6-4-13-9-16(19)21-25-13/h3,5,7-9H,2,4,6,10H2,1H3,(H,20,22). The highest BCUT2D eigenvalue weighted by Crippen LogP contribution is 2.19. The lowest BCUT2D eigenvalue weighted by molar-refractivity contribution is -0.121. The number of benzene rings is 1. The number of aryl methyl sites for hydroxylation is 2. The fourth-order valence-corrected chi connectivity index (χ4v) is 2.72. The van der Waals surface area contributed by atoms with Crippen LogP contribution in [0.25, 0.3) is 11.0 Å². The SMILES string of the molecule is CCc1ccc2oc(=O)cc(CNC(=O)CCc3cc(Cl)no3)c2c1. The van der Waals surface area contributed by atoms with Crippen molar-refractivity contribution in [3.05, 3.63) is 62.8 Å². The minimum Gasteiger partial charge on any atom is -0.423 e. The summed E-state index contributed by atoms with van der Waals surface area (Å²) in [7, 11) is 0. The molecule has 0 spiro atoms. The number of halogens is 1. The van der Waals surface area contributed by atoms with Crippen LogP contribution in [0.15, 0.2) is 44.1 Å². The molecular weight excluding hydrogens is 344 g/mol. The average Bonchev–Trinajstić information content (AvgIpc) is 3.02. The Kier molecular flexibility index (Phi) is 5.19. The van der Waals surface area contributed by atoms with Crippen LogP contribution < -0.4 is 10.9 Å². The van der Waals surface area contributed by atoms with Gasteiger partial charge in [-0.2, -0.15) is 0 Å². The van der Waals surface area contributed by atoms with Crippen molar-refractivity contribution in [3.8, 4) is 0 Å². The molecule has 2 heterocycles. The molecule has 25 heavy (non-hydrogen) atoms. The van der Waals surface area contributed by atoms with Gasteiger partial charge in [-0.15, -0.1) is 0 Å². The van der Waals surface area contributed by atoms with Crippen molar-refractivity contribution >= 4 is 28.5 Å². The predicted octanol–water partition coefficient (Wildman–Crippen LogP) is 3.25. The van der Waals surface area contributed by atoms with Crippen molar-refractivity contribution in [1.82, 2.24) is 10.5 Å². The van der Waals surface area contributed by atoms with Gasteiger partial charge in [0.05, 0.1) is 0 Å². The van der Waals surface area contributed by atoms with Crippen LogP contribution in [0.5, 0.6) is 0 Å². The molecule has 3 rings (SSSR count). The van der Waals surface area contributed by atoms with Gasteiger partial charge in [0.2, 0.25) is 5.91 Å².